The number of rotatable bonds is 1. The third kappa shape index (κ3) is 2.04. The topological polar surface area (TPSA) is 72.6 Å². The molecule has 0 unspecified atom stereocenters. The molecule has 0 aliphatic carbocycles. The van der Waals surface area contributed by atoms with E-state index in [2.05, 4.69) is 4.74 Å². The Bertz CT molecular complexity index is 296. The van der Waals surface area contributed by atoms with Gasteiger partial charge in [0.25, 0.3) is 0 Å². The predicted octanol–water partition coefficient (Wildman–Crippen LogP) is -0.376. The van der Waals surface area contributed by atoms with Crippen molar-refractivity contribution in [1.29, 1.82) is 0 Å². The Balaban J connectivity index is 2.81. The zero-order valence-corrected chi connectivity index (χ0v) is 8.37. The molecule has 14 heavy (non-hydrogen) atoms. The molecule has 0 bridgehead atoms. The number of hydrogen-bond donors (Lipinski definition) is 1. The SMILES string of the molecule is COC(=O)C1=C(N)CCN(C(C)=O)C1. The van der Waals surface area contributed by atoms with E-state index in [0.717, 1.165) is 0 Å². The summed E-state index contributed by atoms with van der Waals surface area (Å²) in [5, 5.41) is 0. The molecule has 2 N–H and O–H groups in total. The molecule has 1 rings (SSSR count). The Hall–Kier alpha value is -1.52. The maximum absolute atomic E-state index is 11.2. The molecule has 1 aliphatic heterocycles. The van der Waals surface area contributed by atoms with Crippen LogP contribution in [0, 0.1) is 0 Å². The first-order chi connectivity index (χ1) is 6.56. The molecule has 0 spiro atoms. The number of nitrogens with zero attached hydrogens (tertiary/aromatic N) is 1. The minimum absolute atomic E-state index is 0.0566. The monoisotopic (exact) mass is 198 g/mol. The molecular formula is C9H14N2O3. The van der Waals surface area contributed by atoms with E-state index in [1.165, 1.54) is 14.0 Å². The number of esters is 1. The van der Waals surface area contributed by atoms with Crippen LogP contribution in [-0.2, 0) is 14.3 Å². The van der Waals surface area contributed by atoms with Crippen molar-refractivity contribution in [2.45, 2.75) is 13.3 Å². The van der Waals surface area contributed by atoms with Crippen LogP contribution in [0.25, 0.3) is 0 Å². The van der Waals surface area contributed by atoms with Gasteiger partial charge in [0, 0.05) is 25.6 Å². The number of carbonyl (C=O) groups excluding carboxylic acids is 2. The zero-order valence-electron chi connectivity index (χ0n) is 8.37. The summed E-state index contributed by atoms with van der Waals surface area (Å²) in [7, 11) is 1.30. The van der Waals surface area contributed by atoms with Gasteiger partial charge in [0.1, 0.15) is 0 Å². The van der Waals surface area contributed by atoms with Gasteiger partial charge in [0.05, 0.1) is 19.2 Å². The fourth-order valence-electron chi connectivity index (χ4n) is 1.37. The first-order valence-corrected chi connectivity index (χ1v) is 4.37. The summed E-state index contributed by atoms with van der Waals surface area (Å²) in [6, 6.07) is 0. The number of hydrogen-bond acceptors (Lipinski definition) is 4. The Morgan fingerprint density at radius 2 is 2.14 bits per heavy atom. The van der Waals surface area contributed by atoms with E-state index in [4.69, 9.17) is 5.73 Å². The third-order valence-electron chi connectivity index (χ3n) is 2.26. The highest BCUT2D eigenvalue weighted by Gasteiger charge is 2.24. The smallest absolute Gasteiger partial charge is 0.337 e. The molecule has 1 aliphatic rings. The van der Waals surface area contributed by atoms with Crippen LogP contribution >= 0.6 is 0 Å². The van der Waals surface area contributed by atoms with Crippen LogP contribution in [0.5, 0.6) is 0 Å². The van der Waals surface area contributed by atoms with E-state index in [0.29, 0.717) is 24.2 Å². The van der Waals surface area contributed by atoms with Gasteiger partial charge in [-0.15, -0.1) is 0 Å². The number of nitrogens with two attached hydrogens (primary N) is 1. The second-order valence-corrected chi connectivity index (χ2v) is 3.19. The minimum Gasteiger partial charge on any atom is -0.466 e. The molecule has 0 saturated carbocycles. The highest BCUT2D eigenvalue weighted by molar-refractivity contribution is 5.91. The summed E-state index contributed by atoms with van der Waals surface area (Å²) < 4.78 is 4.57. The fourth-order valence-corrected chi connectivity index (χ4v) is 1.37. The Morgan fingerprint density at radius 3 is 2.64 bits per heavy atom. The molecule has 1 heterocycles. The normalized spacial score (nSPS) is 16.9. The van der Waals surface area contributed by atoms with Crippen molar-refractivity contribution in [2.75, 3.05) is 20.2 Å². The quantitative estimate of drug-likeness (QED) is 0.583. The highest BCUT2D eigenvalue weighted by atomic mass is 16.5. The number of amides is 1. The van der Waals surface area contributed by atoms with Gasteiger partial charge in [-0.25, -0.2) is 4.79 Å². The van der Waals surface area contributed by atoms with Crippen LogP contribution in [0.4, 0.5) is 0 Å². The lowest BCUT2D eigenvalue weighted by atomic mass is 10.1. The van der Waals surface area contributed by atoms with E-state index in [1.54, 1.807) is 4.90 Å². The van der Waals surface area contributed by atoms with Gasteiger partial charge in [-0.3, -0.25) is 4.79 Å². The molecule has 0 saturated heterocycles. The van der Waals surface area contributed by atoms with E-state index < -0.39 is 5.97 Å². The zero-order chi connectivity index (χ0) is 10.7. The van der Waals surface area contributed by atoms with E-state index in [-0.39, 0.29) is 12.5 Å². The van der Waals surface area contributed by atoms with Gasteiger partial charge >= 0.3 is 5.97 Å². The van der Waals surface area contributed by atoms with Crippen molar-refractivity contribution in [1.82, 2.24) is 4.90 Å². The maximum Gasteiger partial charge on any atom is 0.337 e. The Labute approximate surface area is 82.5 Å². The van der Waals surface area contributed by atoms with Crippen LogP contribution in [-0.4, -0.2) is 37.0 Å². The van der Waals surface area contributed by atoms with Crippen LogP contribution in [0.15, 0.2) is 11.3 Å². The first kappa shape index (κ1) is 10.6. The standard InChI is InChI=1S/C9H14N2O3/c1-6(12)11-4-3-8(10)7(5-11)9(13)14-2/h3-5,10H2,1-2H3. The first-order valence-electron chi connectivity index (χ1n) is 4.37. The molecule has 0 atom stereocenters. The summed E-state index contributed by atoms with van der Waals surface area (Å²) in [4.78, 5) is 23.9. The summed E-state index contributed by atoms with van der Waals surface area (Å²) >= 11 is 0. The van der Waals surface area contributed by atoms with Gasteiger partial charge in [0.15, 0.2) is 0 Å². The lowest BCUT2D eigenvalue weighted by Gasteiger charge is -2.27. The van der Waals surface area contributed by atoms with Crippen LogP contribution < -0.4 is 5.73 Å². The second kappa shape index (κ2) is 4.13. The summed E-state index contributed by atoms with van der Waals surface area (Å²) in [5.41, 5.74) is 6.58. The van der Waals surface area contributed by atoms with Crippen LogP contribution in [0.1, 0.15) is 13.3 Å². The predicted molar refractivity (Wildman–Crippen MR) is 50.1 cm³/mol. The molecule has 0 radical (unpaired) electrons. The van der Waals surface area contributed by atoms with Crippen molar-refractivity contribution in [3.8, 4) is 0 Å². The number of carbonyl (C=O) groups is 2. The molecule has 1 amide bonds. The largest absolute Gasteiger partial charge is 0.466 e. The Morgan fingerprint density at radius 1 is 1.50 bits per heavy atom. The second-order valence-electron chi connectivity index (χ2n) is 3.19. The van der Waals surface area contributed by atoms with E-state index in [9.17, 15) is 9.59 Å². The summed E-state index contributed by atoms with van der Waals surface area (Å²) in [6.45, 7) is 2.30. The number of ether oxygens (including phenoxy) is 1. The molecule has 0 aromatic rings. The average molecular weight is 198 g/mol. The van der Waals surface area contributed by atoms with Gasteiger partial charge in [-0.1, -0.05) is 0 Å². The van der Waals surface area contributed by atoms with E-state index in [1.807, 2.05) is 0 Å². The molecule has 0 fully saturated rings. The van der Waals surface area contributed by atoms with Crippen molar-refractivity contribution in [3.05, 3.63) is 11.3 Å². The summed E-state index contributed by atoms with van der Waals surface area (Å²) in [5.74, 6) is -0.507. The van der Waals surface area contributed by atoms with Gasteiger partial charge in [-0.05, 0) is 0 Å². The fraction of sp³-hybridized carbons (Fsp3) is 0.556. The lowest BCUT2D eigenvalue weighted by Crippen LogP contribution is -2.39. The number of methoxy groups -OCH3 is 1. The minimum atomic E-state index is -0.451. The van der Waals surface area contributed by atoms with Crippen molar-refractivity contribution in [2.24, 2.45) is 5.73 Å². The molecule has 0 aromatic heterocycles. The molecule has 78 valence electrons. The molecule has 5 nitrogen and oxygen atoms in total. The van der Waals surface area contributed by atoms with Gasteiger partial charge in [-0.2, -0.15) is 0 Å². The lowest BCUT2D eigenvalue weighted by molar-refractivity contribution is -0.137. The van der Waals surface area contributed by atoms with Crippen molar-refractivity contribution < 1.29 is 14.3 Å². The van der Waals surface area contributed by atoms with Crippen LogP contribution in [0.3, 0.4) is 0 Å². The Kier molecular flexibility index (Phi) is 3.11. The maximum atomic E-state index is 11.2. The van der Waals surface area contributed by atoms with Gasteiger partial charge in [0.2, 0.25) is 5.91 Å². The molecule has 5 heteroatoms. The summed E-state index contributed by atoms with van der Waals surface area (Å²) in [6.07, 6.45) is 0.532. The average Bonchev–Trinajstić information content (AvgIpc) is 2.17. The van der Waals surface area contributed by atoms with Gasteiger partial charge < -0.3 is 15.4 Å². The van der Waals surface area contributed by atoms with E-state index >= 15 is 0 Å². The molecular weight excluding hydrogens is 184 g/mol. The third-order valence-corrected chi connectivity index (χ3v) is 2.26. The van der Waals surface area contributed by atoms with Crippen molar-refractivity contribution in [3.63, 3.8) is 0 Å². The molecule has 0 aromatic carbocycles. The van der Waals surface area contributed by atoms with Crippen molar-refractivity contribution >= 4 is 11.9 Å². The highest BCUT2D eigenvalue weighted by Crippen LogP contribution is 2.15. The van der Waals surface area contributed by atoms with Crippen LogP contribution in [0.2, 0.25) is 0 Å².